The van der Waals surface area contributed by atoms with Gasteiger partial charge in [-0.15, -0.1) is 0 Å². The second-order valence-corrected chi connectivity index (χ2v) is 10.4. The van der Waals surface area contributed by atoms with Crippen LogP contribution in [-0.4, -0.2) is 41.4 Å². The predicted octanol–water partition coefficient (Wildman–Crippen LogP) is 5.67. The van der Waals surface area contributed by atoms with E-state index < -0.39 is 5.97 Å². The molecule has 7 heteroatoms. The van der Waals surface area contributed by atoms with Crippen LogP contribution >= 0.6 is 0 Å². The van der Waals surface area contributed by atoms with E-state index in [4.69, 9.17) is 9.47 Å². The third-order valence-corrected chi connectivity index (χ3v) is 6.66. The number of ether oxygens (including phenoxy) is 2. The smallest absolute Gasteiger partial charge is 0.358 e. The van der Waals surface area contributed by atoms with Crippen LogP contribution < -0.4 is 10.1 Å². The van der Waals surface area contributed by atoms with E-state index in [0.717, 1.165) is 24.1 Å². The standard InChI is InChI=1S/C29H35N3O4/c1-6-36-28(34)25-16-26(21-8-7-9-24(15-21)35-5)32(31-25)23-12-10-20(11-13-23)27(33)30-22-14-19(2)17-29(3,4)18-22/h7-13,15-16,19,22H,6,14,17-18H2,1-5H3,(H,30,33)/t19-,22-/m1/s1. The van der Waals surface area contributed by atoms with Crippen molar-refractivity contribution in [3.63, 3.8) is 0 Å². The second kappa shape index (κ2) is 10.6. The van der Waals surface area contributed by atoms with Gasteiger partial charge in [0.2, 0.25) is 0 Å². The van der Waals surface area contributed by atoms with Crippen LogP contribution in [-0.2, 0) is 4.74 Å². The fourth-order valence-corrected chi connectivity index (χ4v) is 5.35. The zero-order chi connectivity index (χ0) is 25.9. The third kappa shape index (κ3) is 5.78. The maximum atomic E-state index is 13.0. The van der Waals surface area contributed by atoms with Gasteiger partial charge in [-0.05, 0) is 80.0 Å². The van der Waals surface area contributed by atoms with Crippen molar-refractivity contribution in [2.24, 2.45) is 11.3 Å². The van der Waals surface area contributed by atoms with Crippen LogP contribution in [0.25, 0.3) is 16.9 Å². The number of amides is 1. The first kappa shape index (κ1) is 25.5. The summed E-state index contributed by atoms with van der Waals surface area (Å²) in [5, 5.41) is 7.75. The summed E-state index contributed by atoms with van der Waals surface area (Å²) >= 11 is 0. The number of carbonyl (C=O) groups is 2. The first-order valence-corrected chi connectivity index (χ1v) is 12.5. The van der Waals surface area contributed by atoms with Crippen LogP contribution in [0.5, 0.6) is 5.75 Å². The molecule has 190 valence electrons. The molecule has 3 aromatic rings. The summed E-state index contributed by atoms with van der Waals surface area (Å²) in [5.41, 5.74) is 3.32. The van der Waals surface area contributed by atoms with Gasteiger partial charge in [-0.1, -0.05) is 32.9 Å². The van der Waals surface area contributed by atoms with E-state index >= 15 is 0 Å². The fourth-order valence-electron chi connectivity index (χ4n) is 5.35. The lowest BCUT2D eigenvalue weighted by Crippen LogP contribution is -2.42. The highest BCUT2D eigenvalue weighted by molar-refractivity contribution is 5.94. The Kier molecular flexibility index (Phi) is 7.48. The van der Waals surface area contributed by atoms with Gasteiger partial charge >= 0.3 is 5.97 Å². The molecule has 0 spiro atoms. The number of benzene rings is 2. The van der Waals surface area contributed by atoms with Gasteiger partial charge in [0.15, 0.2) is 5.69 Å². The molecule has 1 aliphatic rings. The van der Waals surface area contributed by atoms with E-state index in [1.165, 1.54) is 6.42 Å². The maximum absolute atomic E-state index is 13.0. The summed E-state index contributed by atoms with van der Waals surface area (Å²) in [7, 11) is 1.61. The van der Waals surface area contributed by atoms with E-state index in [9.17, 15) is 9.59 Å². The fraction of sp³-hybridized carbons (Fsp3) is 0.414. The number of nitrogens with one attached hydrogen (secondary N) is 1. The average Bonchev–Trinajstić information content (AvgIpc) is 3.29. The summed E-state index contributed by atoms with van der Waals surface area (Å²) in [5.74, 6) is 0.730. The summed E-state index contributed by atoms with van der Waals surface area (Å²) in [4.78, 5) is 25.4. The molecule has 0 aliphatic heterocycles. The summed E-state index contributed by atoms with van der Waals surface area (Å²) < 4.78 is 12.2. The molecule has 1 fully saturated rings. The molecule has 4 rings (SSSR count). The third-order valence-electron chi connectivity index (χ3n) is 6.66. The van der Waals surface area contributed by atoms with Crippen LogP contribution in [0.2, 0.25) is 0 Å². The lowest BCUT2D eigenvalue weighted by atomic mass is 9.70. The zero-order valence-electron chi connectivity index (χ0n) is 21.7. The van der Waals surface area contributed by atoms with Crippen molar-refractivity contribution in [2.45, 2.75) is 53.0 Å². The zero-order valence-corrected chi connectivity index (χ0v) is 21.7. The number of rotatable bonds is 7. The van der Waals surface area contributed by atoms with Crippen LogP contribution in [0.3, 0.4) is 0 Å². The average molecular weight is 490 g/mol. The molecule has 1 saturated carbocycles. The molecular weight excluding hydrogens is 454 g/mol. The van der Waals surface area contributed by atoms with Gasteiger partial charge in [0.25, 0.3) is 5.91 Å². The monoisotopic (exact) mass is 489 g/mol. The van der Waals surface area contributed by atoms with Crippen LogP contribution in [0.4, 0.5) is 0 Å². The Morgan fingerprint density at radius 1 is 1.11 bits per heavy atom. The van der Waals surface area contributed by atoms with Crippen molar-refractivity contribution in [1.29, 1.82) is 0 Å². The summed E-state index contributed by atoms with van der Waals surface area (Å²) in [6.07, 6.45) is 3.16. The highest BCUT2D eigenvalue weighted by Gasteiger charge is 2.32. The van der Waals surface area contributed by atoms with Gasteiger partial charge in [0.1, 0.15) is 5.75 Å². The lowest BCUT2D eigenvalue weighted by Gasteiger charge is -2.39. The first-order chi connectivity index (χ1) is 17.2. The Balaban J connectivity index is 1.60. The molecule has 1 aliphatic carbocycles. The second-order valence-electron chi connectivity index (χ2n) is 10.4. The normalized spacial score (nSPS) is 18.9. The van der Waals surface area contributed by atoms with Gasteiger partial charge in [0, 0.05) is 17.2 Å². The quantitative estimate of drug-likeness (QED) is 0.433. The maximum Gasteiger partial charge on any atom is 0.358 e. The van der Waals surface area contributed by atoms with Gasteiger partial charge in [0.05, 0.1) is 25.1 Å². The highest BCUT2D eigenvalue weighted by atomic mass is 16.5. The Morgan fingerprint density at radius 3 is 2.53 bits per heavy atom. The molecule has 2 atom stereocenters. The Morgan fingerprint density at radius 2 is 1.86 bits per heavy atom. The van der Waals surface area contributed by atoms with Crippen LogP contribution in [0.15, 0.2) is 54.6 Å². The summed E-state index contributed by atoms with van der Waals surface area (Å²) in [6, 6.07) is 16.7. The van der Waals surface area contributed by atoms with Crippen molar-refractivity contribution >= 4 is 11.9 Å². The van der Waals surface area contributed by atoms with Crippen molar-refractivity contribution in [3.05, 3.63) is 65.9 Å². The minimum atomic E-state index is -0.485. The van der Waals surface area contributed by atoms with Gasteiger partial charge < -0.3 is 14.8 Å². The first-order valence-electron chi connectivity index (χ1n) is 12.5. The lowest BCUT2D eigenvalue weighted by molar-refractivity contribution is 0.0518. The summed E-state index contributed by atoms with van der Waals surface area (Å²) in [6.45, 7) is 8.82. The molecule has 1 amide bonds. The molecule has 0 unspecified atom stereocenters. The molecule has 1 aromatic heterocycles. The number of nitrogens with zero attached hydrogens (tertiary/aromatic N) is 2. The number of esters is 1. The molecule has 0 radical (unpaired) electrons. The number of aromatic nitrogens is 2. The number of hydrogen-bond acceptors (Lipinski definition) is 5. The van der Waals surface area contributed by atoms with E-state index in [0.29, 0.717) is 22.9 Å². The number of methoxy groups -OCH3 is 1. The topological polar surface area (TPSA) is 82.5 Å². The van der Waals surface area contributed by atoms with Crippen molar-refractivity contribution in [3.8, 4) is 22.7 Å². The minimum Gasteiger partial charge on any atom is -0.497 e. The Bertz CT molecular complexity index is 1230. The van der Waals surface area contributed by atoms with Crippen molar-refractivity contribution < 1.29 is 19.1 Å². The molecule has 2 aromatic carbocycles. The SMILES string of the molecule is CCOC(=O)c1cc(-c2cccc(OC)c2)n(-c2ccc(C(=O)N[C@@H]3C[C@@H](C)CC(C)(C)C3)cc2)n1. The van der Waals surface area contributed by atoms with Gasteiger partial charge in [-0.25, -0.2) is 9.48 Å². The van der Waals surface area contributed by atoms with Crippen LogP contribution in [0.1, 0.15) is 67.8 Å². The highest BCUT2D eigenvalue weighted by Crippen LogP contribution is 2.38. The van der Waals surface area contributed by atoms with Crippen LogP contribution in [0, 0.1) is 11.3 Å². The molecule has 1 N–H and O–H groups in total. The Hall–Kier alpha value is -3.61. The molecule has 7 nitrogen and oxygen atoms in total. The molecular formula is C29H35N3O4. The molecule has 1 heterocycles. The van der Waals surface area contributed by atoms with Crippen molar-refractivity contribution in [2.75, 3.05) is 13.7 Å². The van der Waals surface area contributed by atoms with Gasteiger partial charge in [-0.2, -0.15) is 5.10 Å². The molecule has 36 heavy (non-hydrogen) atoms. The largest absolute Gasteiger partial charge is 0.497 e. The van der Waals surface area contributed by atoms with E-state index in [2.05, 4.69) is 31.2 Å². The number of hydrogen-bond donors (Lipinski definition) is 1. The predicted molar refractivity (Wildman–Crippen MR) is 140 cm³/mol. The molecule has 0 saturated heterocycles. The number of carbonyl (C=O) groups excluding carboxylic acids is 2. The van der Waals surface area contributed by atoms with E-state index in [1.807, 2.05) is 36.4 Å². The minimum absolute atomic E-state index is 0.0721. The molecule has 0 bridgehead atoms. The van der Waals surface area contributed by atoms with E-state index in [1.54, 1.807) is 36.9 Å². The van der Waals surface area contributed by atoms with E-state index in [-0.39, 0.29) is 29.7 Å². The van der Waals surface area contributed by atoms with Crippen molar-refractivity contribution in [1.82, 2.24) is 15.1 Å². The Labute approximate surface area is 212 Å². The van der Waals surface area contributed by atoms with Gasteiger partial charge in [-0.3, -0.25) is 4.79 Å².